The Balaban J connectivity index is 1.76. The lowest BCUT2D eigenvalue weighted by molar-refractivity contribution is -0.130. The molecule has 0 saturated carbocycles. The number of nitrogens with zero attached hydrogens (tertiary/aromatic N) is 2. The van der Waals surface area contributed by atoms with Crippen molar-refractivity contribution in [1.82, 2.24) is 9.88 Å². The molecule has 1 fully saturated rings. The largest absolute Gasteiger partial charge is 0.343 e. The molecule has 0 atom stereocenters. The fraction of sp³-hybridized carbons (Fsp3) is 0.750. The van der Waals surface area contributed by atoms with Gasteiger partial charge < -0.3 is 4.90 Å². The minimum atomic E-state index is 0.108. The van der Waals surface area contributed by atoms with Gasteiger partial charge in [-0.05, 0) is 12.8 Å². The number of likely N-dealkylation sites (tertiary alicyclic amines) is 1. The number of hydrogen-bond acceptors (Lipinski definition) is 4. The van der Waals surface area contributed by atoms with Gasteiger partial charge in [0.25, 0.3) is 0 Å². The standard InChI is InChI=1S/C16H26N2OS2/c1-16(2,3)13-12-21-15(17-13)20-11-8-14(19)18-9-6-4-5-7-10-18/h12H,4-11H2,1-3H3. The monoisotopic (exact) mass is 326 g/mol. The minimum absolute atomic E-state index is 0.108. The van der Waals surface area contributed by atoms with Gasteiger partial charge in [0.1, 0.15) is 4.34 Å². The van der Waals surface area contributed by atoms with Crippen LogP contribution >= 0.6 is 23.1 Å². The van der Waals surface area contributed by atoms with Gasteiger partial charge in [0.05, 0.1) is 5.69 Å². The van der Waals surface area contributed by atoms with Crippen LogP contribution in [-0.4, -0.2) is 34.6 Å². The van der Waals surface area contributed by atoms with Gasteiger partial charge in [0.2, 0.25) is 5.91 Å². The van der Waals surface area contributed by atoms with Gasteiger partial charge in [-0.3, -0.25) is 4.79 Å². The maximum Gasteiger partial charge on any atom is 0.223 e. The molecule has 1 aliphatic heterocycles. The molecule has 21 heavy (non-hydrogen) atoms. The van der Waals surface area contributed by atoms with E-state index in [1.165, 1.54) is 25.7 Å². The van der Waals surface area contributed by atoms with Crippen LogP contribution in [0.5, 0.6) is 0 Å². The van der Waals surface area contributed by atoms with E-state index in [9.17, 15) is 4.79 Å². The van der Waals surface area contributed by atoms with Gasteiger partial charge in [-0.1, -0.05) is 45.4 Å². The lowest BCUT2D eigenvalue weighted by Gasteiger charge is -2.19. The first-order valence-electron chi connectivity index (χ1n) is 7.83. The van der Waals surface area contributed by atoms with Crippen molar-refractivity contribution in [3.63, 3.8) is 0 Å². The summed E-state index contributed by atoms with van der Waals surface area (Å²) in [7, 11) is 0. The molecule has 1 saturated heterocycles. The van der Waals surface area contributed by atoms with E-state index in [0.29, 0.717) is 12.3 Å². The van der Waals surface area contributed by atoms with Crippen LogP contribution in [-0.2, 0) is 10.2 Å². The number of aromatic nitrogens is 1. The molecule has 2 rings (SSSR count). The van der Waals surface area contributed by atoms with E-state index in [1.54, 1.807) is 23.1 Å². The molecule has 0 spiro atoms. The number of carbonyl (C=O) groups excluding carboxylic acids is 1. The molecule has 1 aromatic heterocycles. The summed E-state index contributed by atoms with van der Waals surface area (Å²) in [6, 6.07) is 0. The quantitative estimate of drug-likeness (QED) is 0.772. The van der Waals surface area contributed by atoms with Crippen LogP contribution in [0.25, 0.3) is 0 Å². The zero-order chi connectivity index (χ0) is 15.3. The lowest BCUT2D eigenvalue weighted by atomic mass is 9.93. The summed E-state index contributed by atoms with van der Waals surface area (Å²) < 4.78 is 1.09. The summed E-state index contributed by atoms with van der Waals surface area (Å²) >= 11 is 3.41. The van der Waals surface area contributed by atoms with Crippen LogP contribution in [0.15, 0.2) is 9.72 Å². The third kappa shape index (κ3) is 5.29. The lowest BCUT2D eigenvalue weighted by Crippen LogP contribution is -2.31. The minimum Gasteiger partial charge on any atom is -0.343 e. The molecule has 1 aromatic rings. The molecule has 0 unspecified atom stereocenters. The first-order chi connectivity index (χ1) is 9.97. The Bertz CT molecular complexity index is 457. The Hall–Kier alpha value is -0.550. The third-order valence-electron chi connectivity index (χ3n) is 3.75. The highest BCUT2D eigenvalue weighted by molar-refractivity contribution is 8.01. The number of amides is 1. The molecule has 118 valence electrons. The molecule has 3 nitrogen and oxygen atoms in total. The van der Waals surface area contributed by atoms with Gasteiger partial charge >= 0.3 is 0 Å². The molecule has 0 aromatic carbocycles. The average Bonchev–Trinajstić information content (AvgIpc) is 2.73. The summed E-state index contributed by atoms with van der Waals surface area (Å²) in [4.78, 5) is 18.9. The Morgan fingerprint density at radius 3 is 2.52 bits per heavy atom. The van der Waals surface area contributed by atoms with Crippen molar-refractivity contribution in [2.45, 2.75) is 62.6 Å². The van der Waals surface area contributed by atoms with Crippen LogP contribution in [0.2, 0.25) is 0 Å². The highest BCUT2D eigenvalue weighted by atomic mass is 32.2. The zero-order valence-electron chi connectivity index (χ0n) is 13.4. The van der Waals surface area contributed by atoms with Crippen LogP contribution in [0, 0.1) is 0 Å². The maximum atomic E-state index is 12.2. The molecule has 0 N–H and O–H groups in total. The van der Waals surface area contributed by atoms with Crippen LogP contribution in [0.4, 0.5) is 0 Å². The summed E-state index contributed by atoms with van der Waals surface area (Å²) in [6.07, 6.45) is 5.51. The fourth-order valence-corrected chi connectivity index (χ4v) is 4.42. The van der Waals surface area contributed by atoms with E-state index in [4.69, 9.17) is 0 Å². The molecule has 1 amide bonds. The molecule has 1 aliphatic rings. The molecule has 5 heteroatoms. The fourth-order valence-electron chi connectivity index (χ4n) is 2.37. The highest BCUT2D eigenvalue weighted by Gasteiger charge is 2.18. The average molecular weight is 327 g/mol. The second-order valence-electron chi connectivity index (χ2n) is 6.64. The van der Waals surface area contributed by atoms with E-state index in [0.717, 1.165) is 28.9 Å². The maximum absolute atomic E-state index is 12.2. The van der Waals surface area contributed by atoms with Gasteiger partial charge in [0.15, 0.2) is 0 Å². The van der Waals surface area contributed by atoms with E-state index in [-0.39, 0.29) is 5.41 Å². The van der Waals surface area contributed by atoms with Gasteiger partial charge in [-0.15, -0.1) is 11.3 Å². The zero-order valence-corrected chi connectivity index (χ0v) is 15.0. The Labute approximate surface area is 136 Å². The van der Waals surface area contributed by atoms with Crippen LogP contribution < -0.4 is 0 Å². The van der Waals surface area contributed by atoms with Gasteiger partial charge in [-0.2, -0.15) is 0 Å². The van der Waals surface area contributed by atoms with Gasteiger partial charge in [-0.25, -0.2) is 4.98 Å². The normalized spacial score (nSPS) is 16.8. The van der Waals surface area contributed by atoms with Crippen molar-refractivity contribution < 1.29 is 4.79 Å². The topological polar surface area (TPSA) is 33.2 Å². The predicted octanol–water partition coefficient (Wildman–Crippen LogP) is 4.33. The molecule has 0 radical (unpaired) electrons. The van der Waals surface area contributed by atoms with Gasteiger partial charge in [0, 0.05) is 36.1 Å². The second kappa shape index (κ2) is 7.63. The summed E-state index contributed by atoms with van der Waals surface area (Å²) in [5, 5.41) is 2.14. The first kappa shape index (κ1) is 16.8. The Kier molecular flexibility index (Phi) is 6.11. The van der Waals surface area contributed by atoms with Crippen molar-refractivity contribution in [1.29, 1.82) is 0 Å². The van der Waals surface area contributed by atoms with Crippen molar-refractivity contribution in [3.05, 3.63) is 11.1 Å². The third-order valence-corrected chi connectivity index (χ3v) is 5.77. The van der Waals surface area contributed by atoms with Crippen molar-refractivity contribution in [3.8, 4) is 0 Å². The van der Waals surface area contributed by atoms with Crippen molar-refractivity contribution >= 4 is 29.0 Å². The number of thiazole rings is 1. The predicted molar refractivity (Wildman–Crippen MR) is 91.2 cm³/mol. The van der Waals surface area contributed by atoms with E-state index in [2.05, 4.69) is 36.0 Å². The highest BCUT2D eigenvalue weighted by Crippen LogP contribution is 2.29. The molecular weight excluding hydrogens is 300 g/mol. The van der Waals surface area contributed by atoms with Crippen molar-refractivity contribution in [2.24, 2.45) is 0 Å². The second-order valence-corrected chi connectivity index (χ2v) is 8.84. The van der Waals surface area contributed by atoms with E-state index in [1.807, 2.05) is 0 Å². The van der Waals surface area contributed by atoms with E-state index < -0.39 is 0 Å². The number of rotatable bonds is 4. The van der Waals surface area contributed by atoms with Crippen molar-refractivity contribution in [2.75, 3.05) is 18.8 Å². The Morgan fingerprint density at radius 2 is 1.95 bits per heavy atom. The summed E-state index contributed by atoms with van der Waals surface area (Å²) in [6.45, 7) is 8.45. The SMILES string of the molecule is CC(C)(C)c1csc(SCCC(=O)N2CCCCCC2)n1. The molecule has 0 aliphatic carbocycles. The smallest absolute Gasteiger partial charge is 0.223 e. The Morgan fingerprint density at radius 1 is 1.29 bits per heavy atom. The number of thioether (sulfide) groups is 1. The first-order valence-corrected chi connectivity index (χ1v) is 9.70. The van der Waals surface area contributed by atoms with Crippen LogP contribution in [0.1, 0.15) is 58.6 Å². The number of hydrogen-bond donors (Lipinski definition) is 0. The molecular formula is C16H26N2OS2. The molecule has 2 heterocycles. The molecule has 0 bridgehead atoms. The van der Waals surface area contributed by atoms with E-state index >= 15 is 0 Å². The summed E-state index contributed by atoms with van der Waals surface area (Å²) in [5.74, 6) is 1.16. The summed E-state index contributed by atoms with van der Waals surface area (Å²) in [5.41, 5.74) is 1.26. The van der Waals surface area contributed by atoms with Crippen LogP contribution in [0.3, 0.4) is 0 Å². The number of carbonyl (C=O) groups is 1.